The molecule has 0 spiro atoms. The first-order valence-electron chi connectivity index (χ1n) is 18.5. The number of methoxy groups -OCH3 is 1. The number of aliphatic hydroxyl groups is 2. The fraction of sp³-hybridized carbons (Fsp3) is 0.595. The molecule has 2 bridgehead atoms. The van der Waals surface area contributed by atoms with Crippen LogP contribution in [-0.2, 0) is 33.3 Å². The van der Waals surface area contributed by atoms with E-state index in [0.717, 1.165) is 11.1 Å². The Morgan fingerprint density at radius 1 is 0.925 bits per heavy atom. The summed E-state index contributed by atoms with van der Waals surface area (Å²) in [5, 5.41) is 25.4. The van der Waals surface area contributed by atoms with Crippen molar-refractivity contribution in [3.8, 4) is 5.75 Å². The standard InChI is InChI=1S/C42H52O10.Ac/c1-22-18-32-41(46,21-49-32)36-24(3)42(47)20-31(23(2)33(39(42,5)6)35(50-25(4)43)37(44)40(22,36)7)52-38(45)34-29(26-12-10-9-11-13-26)19-30(51-34)27-14-16-28(48-8)17-15-27;/h9-17,22,24,29-32,34-36,46-47H,18-21H2,1-8H3;/t22-,24-,29-,30-,31?,32?,34?,35?,36?,40+,41-,42?;/m0./s1. The monoisotopic (exact) mass is 943 g/mol. The smallest absolute Gasteiger partial charge is 0.336 e. The Bertz CT molecular complexity index is 1780. The van der Waals surface area contributed by atoms with Crippen LogP contribution in [0.4, 0.5) is 0 Å². The number of carbonyl (C=O) groups is 3. The van der Waals surface area contributed by atoms with Crippen molar-refractivity contribution in [3.05, 3.63) is 76.9 Å². The molecule has 283 valence electrons. The fourth-order valence-corrected chi connectivity index (χ4v) is 10.8. The van der Waals surface area contributed by atoms with Crippen molar-refractivity contribution in [2.45, 2.75) is 115 Å². The Balaban J connectivity index is 0.00000481. The van der Waals surface area contributed by atoms with Crippen LogP contribution < -0.4 is 4.74 Å². The van der Waals surface area contributed by atoms with E-state index in [0.29, 0.717) is 29.7 Å². The van der Waals surface area contributed by atoms with Crippen molar-refractivity contribution in [1.29, 1.82) is 0 Å². The summed E-state index contributed by atoms with van der Waals surface area (Å²) in [5.74, 6) is -2.79. The van der Waals surface area contributed by atoms with Gasteiger partial charge in [0.1, 0.15) is 17.5 Å². The zero-order valence-electron chi connectivity index (χ0n) is 32.0. The summed E-state index contributed by atoms with van der Waals surface area (Å²) in [6.07, 6.45) is -3.16. The van der Waals surface area contributed by atoms with Crippen LogP contribution in [0.15, 0.2) is 65.7 Å². The molecular formula is C42H52AcO10. The van der Waals surface area contributed by atoms with Crippen LogP contribution in [0.25, 0.3) is 0 Å². The summed E-state index contributed by atoms with van der Waals surface area (Å²) in [6.45, 7) is 12.5. The molecule has 11 heteroatoms. The van der Waals surface area contributed by atoms with Crippen molar-refractivity contribution in [3.63, 3.8) is 0 Å². The van der Waals surface area contributed by atoms with Gasteiger partial charge in [-0.3, -0.25) is 9.59 Å². The molecule has 3 aliphatic carbocycles. The van der Waals surface area contributed by atoms with Gasteiger partial charge in [-0.1, -0.05) is 77.1 Å². The Morgan fingerprint density at radius 2 is 1.58 bits per heavy atom. The molecule has 1 radical (unpaired) electrons. The van der Waals surface area contributed by atoms with Gasteiger partial charge in [0.05, 0.1) is 31.5 Å². The SMILES string of the molecule is COc1ccc([C@@H]2C[C@@H](c3ccccc3)C(C(=O)OC3CC4(O)[C@@H](C)C5[C@]6(O)COC6C[C@H](C)[C@@]5(C)C(=O)C(OC(C)=O)C(=C3C)C4(C)C)O2)cc1.[Ac]. The second-order valence-electron chi connectivity index (χ2n) is 16.7. The Hall–Kier alpha value is -2.13. The number of carbonyl (C=O) groups excluding carboxylic acids is 3. The third kappa shape index (κ3) is 6.19. The van der Waals surface area contributed by atoms with Crippen molar-refractivity contribution < 1.29 is 92.3 Å². The van der Waals surface area contributed by atoms with Crippen LogP contribution in [0.1, 0.15) is 90.9 Å². The Morgan fingerprint density at radius 3 is 2.17 bits per heavy atom. The molecule has 5 aliphatic rings. The van der Waals surface area contributed by atoms with Crippen LogP contribution >= 0.6 is 0 Å². The number of ether oxygens (including phenoxy) is 5. The molecule has 0 aromatic heterocycles. The fourth-order valence-electron chi connectivity index (χ4n) is 10.8. The van der Waals surface area contributed by atoms with E-state index in [1.807, 2.05) is 89.2 Å². The predicted octanol–water partition coefficient (Wildman–Crippen LogP) is 5.64. The molecule has 0 amide bonds. The molecule has 2 saturated carbocycles. The summed E-state index contributed by atoms with van der Waals surface area (Å²) < 4.78 is 30.1. The zero-order valence-corrected chi connectivity index (χ0v) is 36.7. The van der Waals surface area contributed by atoms with Crippen LogP contribution in [0.5, 0.6) is 5.75 Å². The minimum absolute atomic E-state index is 0. The minimum Gasteiger partial charge on any atom is -0.497 e. The molecule has 2 aromatic carbocycles. The summed E-state index contributed by atoms with van der Waals surface area (Å²) in [6, 6.07) is 17.3. The summed E-state index contributed by atoms with van der Waals surface area (Å²) in [7, 11) is 1.61. The number of rotatable bonds is 6. The van der Waals surface area contributed by atoms with E-state index >= 15 is 4.79 Å². The molecule has 2 N–H and O–H groups in total. The normalized spacial score (nSPS) is 40.0. The maximum atomic E-state index is 15.1. The van der Waals surface area contributed by atoms with E-state index in [1.165, 1.54) is 6.92 Å². The van der Waals surface area contributed by atoms with Gasteiger partial charge in [0.25, 0.3) is 0 Å². The van der Waals surface area contributed by atoms with Crippen molar-refractivity contribution >= 4 is 17.7 Å². The predicted molar refractivity (Wildman–Crippen MR) is 190 cm³/mol. The molecule has 12 atom stereocenters. The van der Waals surface area contributed by atoms with Crippen molar-refractivity contribution in [2.75, 3.05) is 13.7 Å². The zero-order chi connectivity index (χ0) is 37.5. The number of Topliss-reactive ketones (excluding diaryl/α,β-unsaturated/α-hetero) is 1. The second-order valence-corrected chi connectivity index (χ2v) is 16.7. The Labute approximate surface area is 347 Å². The summed E-state index contributed by atoms with van der Waals surface area (Å²) >= 11 is 0. The topological polar surface area (TPSA) is 138 Å². The molecule has 2 aliphatic heterocycles. The summed E-state index contributed by atoms with van der Waals surface area (Å²) in [4.78, 5) is 42.3. The van der Waals surface area contributed by atoms with E-state index in [2.05, 4.69) is 0 Å². The number of hydrogen-bond donors (Lipinski definition) is 2. The summed E-state index contributed by atoms with van der Waals surface area (Å²) in [5.41, 5.74) is -2.43. The van der Waals surface area contributed by atoms with Gasteiger partial charge in [-0.15, -0.1) is 0 Å². The van der Waals surface area contributed by atoms with Gasteiger partial charge in [-0.2, -0.15) is 0 Å². The second kappa shape index (κ2) is 14.4. The molecule has 2 heterocycles. The maximum Gasteiger partial charge on any atom is 0.336 e. The average molecular weight is 944 g/mol. The largest absolute Gasteiger partial charge is 0.497 e. The third-order valence-electron chi connectivity index (χ3n) is 13.9. The number of benzene rings is 2. The maximum absolute atomic E-state index is 15.1. The molecule has 53 heavy (non-hydrogen) atoms. The van der Waals surface area contributed by atoms with E-state index in [-0.39, 0.29) is 80.8 Å². The minimum atomic E-state index is -1.61. The average Bonchev–Trinajstić information content (AvgIpc) is 3.56. The van der Waals surface area contributed by atoms with E-state index in [4.69, 9.17) is 23.7 Å². The quantitative estimate of drug-likeness (QED) is 0.277. The molecular weight excluding hydrogens is 891 g/mol. The molecule has 2 aromatic rings. The number of hydrogen-bond acceptors (Lipinski definition) is 10. The first-order valence-corrected chi connectivity index (χ1v) is 18.5. The number of esters is 2. The van der Waals surface area contributed by atoms with Gasteiger partial charge in [0.2, 0.25) is 0 Å². The van der Waals surface area contributed by atoms with Crippen LogP contribution in [-0.4, -0.2) is 77.3 Å². The van der Waals surface area contributed by atoms with Crippen LogP contribution in [0.2, 0.25) is 0 Å². The van der Waals surface area contributed by atoms with Gasteiger partial charge in [-0.25, -0.2) is 4.79 Å². The van der Waals surface area contributed by atoms with E-state index in [1.54, 1.807) is 14.0 Å². The molecule has 7 rings (SSSR count). The Kier molecular flexibility index (Phi) is 11.0. The van der Waals surface area contributed by atoms with Crippen LogP contribution in [0, 0.1) is 72.6 Å². The van der Waals surface area contributed by atoms with Gasteiger partial charge < -0.3 is 33.9 Å². The van der Waals surface area contributed by atoms with Gasteiger partial charge in [0.15, 0.2) is 18.0 Å². The van der Waals surface area contributed by atoms with Gasteiger partial charge in [0, 0.05) is 80.1 Å². The first-order chi connectivity index (χ1) is 24.5. The van der Waals surface area contributed by atoms with Crippen molar-refractivity contribution in [2.24, 2.45) is 28.6 Å². The first kappa shape index (κ1) is 40.5. The van der Waals surface area contributed by atoms with E-state index < -0.39 is 70.2 Å². The van der Waals surface area contributed by atoms with Gasteiger partial charge in [-0.05, 0) is 66.0 Å². The van der Waals surface area contributed by atoms with E-state index in [9.17, 15) is 19.8 Å². The number of ketones is 1. The van der Waals surface area contributed by atoms with Crippen LogP contribution in [0.3, 0.4) is 0 Å². The number of fused-ring (bicyclic) bond motifs is 5. The molecule has 2 saturated heterocycles. The molecule has 4 fully saturated rings. The third-order valence-corrected chi connectivity index (χ3v) is 13.9. The molecule has 10 nitrogen and oxygen atoms in total. The van der Waals surface area contributed by atoms with Gasteiger partial charge >= 0.3 is 11.9 Å². The molecule has 6 unspecified atom stereocenters. The van der Waals surface area contributed by atoms with Crippen molar-refractivity contribution in [1.82, 2.24) is 0 Å².